The van der Waals surface area contributed by atoms with E-state index in [1.54, 1.807) is 37.4 Å². The number of nitrogens with one attached hydrogen (secondary N) is 2. The summed E-state index contributed by atoms with van der Waals surface area (Å²) in [5, 5.41) is 6.68. The van der Waals surface area contributed by atoms with E-state index in [2.05, 4.69) is 31.3 Å². The zero-order chi connectivity index (χ0) is 24.1. The Balaban J connectivity index is 1.95. The van der Waals surface area contributed by atoms with Crippen LogP contribution >= 0.6 is 15.9 Å². The number of hydrogen-bond acceptors (Lipinski definition) is 6. The average molecular weight is 517 g/mol. The lowest BCUT2D eigenvalue weighted by atomic mass is 10.1. The first-order valence-electron chi connectivity index (χ1n) is 10.4. The molecule has 0 bridgehead atoms. The monoisotopic (exact) mass is 516 g/mol. The number of rotatable bonds is 8. The molecule has 0 unspecified atom stereocenters. The highest BCUT2D eigenvalue weighted by Gasteiger charge is 2.17. The first kappa shape index (κ1) is 24.2. The maximum atomic E-state index is 12.4. The van der Waals surface area contributed by atoms with E-state index in [-0.39, 0.29) is 5.69 Å². The van der Waals surface area contributed by atoms with E-state index >= 15 is 0 Å². The Hall–Kier alpha value is -3.40. The van der Waals surface area contributed by atoms with Crippen LogP contribution in [-0.4, -0.2) is 34.3 Å². The number of aromatic amines is 1. The molecule has 3 aromatic rings. The number of ether oxygens (including phenoxy) is 2. The van der Waals surface area contributed by atoms with Gasteiger partial charge in [0, 0.05) is 6.54 Å². The molecule has 10 heteroatoms. The second-order valence-corrected chi connectivity index (χ2v) is 8.29. The van der Waals surface area contributed by atoms with Gasteiger partial charge >= 0.3 is 5.69 Å². The minimum Gasteiger partial charge on any atom is -0.496 e. The summed E-state index contributed by atoms with van der Waals surface area (Å²) in [6.07, 6.45) is 1.66. The number of nitrogens with zero attached hydrogens (tertiary/aromatic N) is 2. The molecular weight excluding hydrogens is 492 g/mol. The third-order valence-corrected chi connectivity index (χ3v) is 5.51. The third-order valence-electron chi connectivity index (χ3n) is 4.89. The Labute approximate surface area is 198 Å². The van der Waals surface area contributed by atoms with Gasteiger partial charge in [0.25, 0.3) is 11.5 Å². The summed E-state index contributed by atoms with van der Waals surface area (Å²) < 4.78 is 13.1. The predicted molar refractivity (Wildman–Crippen MR) is 128 cm³/mol. The van der Waals surface area contributed by atoms with Crippen LogP contribution in [0.1, 0.15) is 41.4 Å². The molecule has 0 fully saturated rings. The molecule has 1 heterocycles. The second kappa shape index (κ2) is 10.5. The van der Waals surface area contributed by atoms with Crippen LogP contribution in [0.5, 0.6) is 17.2 Å². The van der Waals surface area contributed by atoms with Crippen molar-refractivity contribution < 1.29 is 14.3 Å². The van der Waals surface area contributed by atoms with E-state index in [4.69, 9.17) is 9.47 Å². The van der Waals surface area contributed by atoms with Crippen molar-refractivity contribution in [1.29, 1.82) is 0 Å². The standard InChI is InChI=1S/C23H25BrN4O5/c1-5-6-9-25-21(29)19-22(30)26-23(31)28(27-19)15-10-13(2)20(14(3)11-15)33-16-7-8-18(32-4)17(24)12-16/h7-8,10-12H,5-6,9H2,1-4H3,(H,25,29)(H,26,30,31). The van der Waals surface area contributed by atoms with Gasteiger partial charge in [-0.3, -0.25) is 14.6 Å². The summed E-state index contributed by atoms with van der Waals surface area (Å²) in [4.78, 5) is 39.1. The zero-order valence-corrected chi connectivity index (χ0v) is 20.4. The third kappa shape index (κ3) is 5.51. The Morgan fingerprint density at radius 2 is 1.88 bits per heavy atom. The van der Waals surface area contributed by atoms with Gasteiger partial charge in [-0.1, -0.05) is 13.3 Å². The molecule has 1 aromatic heterocycles. The predicted octanol–water partition coefficient (Wildman–Crippen LogP) is 3.63. The van der Waals surface area contributed by atoms with E-state index in [9.17, 15) is 14.4 Å². The highest BCUT2D eigenvalue weighted by atomic mass is 79.9. The lowest BCUT2D eigenvalue weighted by Crippen LogP contribution is -2.39. The van der Waals surface area contributed by atoms with Crippen LogP contribution in [0.3, 0.4) is 0 Å². The molecule has 0 aliphatic carbocycles. The molecule has 0 radical (unpaired) electrons. The molecule has 0 saturated heterocycles. The maximum Gasteiger partial charge on any atom is 0.349 e. The van der Waals surface area contributed by atoms with E-state index < -0.39 is 17.2 Å². The molecule has 1 amide bonds. The minimum absolute atomic E-state index is 0.371. The van der Waals surface area contributed by atoms with Gasteiger partial charge in [-0.2, -0.15) is 9.78 Å². The number of unbranched alkanes of at least 4 members (excludes halogenated alkanes) is 1. The molecule has 0 saturated carbocycles. The minimum atomic E-state index is -0.830. The maximum absolute atomic E-state index is 12.4. The number of amides is 1. The summed E-state index contributed by atoms with van der Waals surface area (Å²) in [6.45, 7) is 6.07. The fourth-order valence-electron chi connectivity index (χ4n) is 3.23. The van der Waals surface area contributed by atoms with E-state index in [0.29, 0.717) is 29.5 Å². The van der Waals surface area contributed by atoms with Gasteiger partial charge in [0.05, 0.1) is 17.3 Å². The van der Waals surface area contributed by atoms with Gasteiger partial charge in [-0.05, 0) is 77.7 Å². The van der Waals surface area contributed by atoms with E-state index in [1.165, 1.54) is 0 Å². The van der Waals surface area contributed by atoms with Gasteiger partial charge in [-0.15, -0.1) is 0 Å². The summed E-state index contributed by atoms with van der Waals surface area (Å²) >= 11 is 3.44. The Morgan fingerprint density at radius 3 is 2.48 bits per heavy atom. The largest absolute Gasteiger partial charge is 0.496 e. The fourth-order valence-corrected chi connectivity index (χ4v) is 3.74. The Morgan fingerprint density at radius 1 is 1.18 bits per heavy atom. The molecule has 0 atom stereocenters. The number of methoxy groups -OCH3 is 1. The van der Waals surface area contributed by atoms with Crippen molar-refractivity contribution >= 4 is 21.8 Å². The number of aryl methyl sites for hydroxylation is 2. The smallest absolute Gasteiger partial charge is 0.349 e. The lowest BCUT2D eigenvalue weighted by Gasteiger charge is -2.15. The molecule has 3 rings (SSSR count). The highest BCUT2D eigenvalue weighted by molar-refractivity contribution is 9.10. The van der Waals surface area contributed by atoms with Gasteiger partial charge in [0.1, 0.15) is 17.2 Å². The number of carbonyl (C=O) groups excluding carboxylic acids is 1. The molecule has 0 aliphatic heterocycles. The second-order valence-electron chi connectivity index (χ2n) is 7.44. The van der Waals surface area contributed by atoms with Gasteiger partial charge in [0.15, 0.2) is 0 Å². The molecule has 0 aliphatic rings. The van der Waals surface area contributed by atoms with Crippen LogP contribution in [0, 0.1) is 13.8 Å². The molecular formula is C23H25BrN4O5. The Bertz CT molecular complexity index is 1280. The average Bonchev–Trinajstić information content (AvgIpc) is 2.76. The van der Waals surface area contributed by atoms with E-state index in [0.717, 1.165) is 33.1 Å². The van der Waals surface area contributed by atoms with Crippen molar-refractivity contribution in [1.82, 2.24) is 20.1 Å². The molecule has 0 spiro atoms. The van der Waals surface area contributed by atoms with Crippen LogP contribution in [0.25, 0.3) is 5.69 Å². The van der Waals surface area contributed by atoms with Gasteiger partial charge in [0.2, 0.25) is 5.69 Å². The van der Waals surface area contributed by atoms with Crippen molar-refractivity contribution in [3.05, 3.63) is 72.5 Å². The van der Waals surface area contributed by atoms with Crippen LogP contribution in [0.2, 0.25) is 0 Å². The molecule has 33 heavy (non-hydrogen) atoms. The summed E-state index contributed by atoms with van der Waals surface area (Å²) in [5.41, 5.74) is -0.0569. The summed E-state index contributed by atoms with van der Waals surface area (Å²) in [7, 11) is 1.58. The number of benzene rings is 2. The summed E-state index contributed by atoms with van der Waals surface area (Å²) in [6, 6.07) is 8.77. The van der Waals surface area contributed by atoms with Crippen LogP contribution < -0.4 is 26.0 Å². The van der Waals surface area contributed by atoms with Crippen molar-refractivity contribution in [2.45, 2.75) is 33.6 Å². The van der Waals surface area contributed by atoms with E-state index in [1.807, 2.05) is 20.8 Å². The summed E-state index contributed by atoms with van der Waals surface area (Å²) in [5.74, 6) is 1.28. The van der Waals surface area contributed by atoms with Crippen LogP contribution in [0.15, 0.2) is 44.4 Å². The topological polar surface area (TPSA) is 115 Å². The molecule has 174 valence electrons. The molecule has 2 aromatic carbocycles. The SMILES string of the molecule is CCCCNC(=O)c1nn(-c2cc(C)c(Oc3ccc(OC)c(Br)c3)c(C)c2)c(=O)[nH]c1=O. The number of halogens is 1. The molecule has 2 N–H and O–H groups in total. The number of carbonyl (C=O) groups is 1. The van der Waals surface area contributed by atoms with Gasteiger partial charge < -0.3 is 14.8 Å². The quantitative estimate of drug-likeness (QED) is 0.441. The number of aromatic nitrogens is 3. The van der Waals surface area contributed by atoms with Crippen molar-refractivity contribution in [2.24, 2.45) is 0 Å². The fraction of sp³-hybridized carbons (Fsp3) is 0.304. The zero-order valence-electron chi connectivity index (χ0n) is 18.8. The van der Waals surface area contributed by atoms with Crippen molar-refractivity contribution in [2.75, 3.05) is 13.7 Å². The van der Waals surface area contributed by atoms with Crippen molar-refractivity contribution in [3.63, 3.8) is 0 Å². The molecule has 9 nitrogen and oxygen atoms in total. The Kier molecular flexibility index (Phi) is 7.70. The lowest BCUT2D eigenvalue weighted by molar-refractivity contribution is 0.0944. The van der Waals surface area contributed by atoms with Crippen LogP contribution in [-0.2, 0) is 0 Å². The highest BCUT2D eigenvalue weighted by Crippen LogP contribution is 2.34. The first-order valence-corrected chi connectivity index (χ1v) is 11.2. The number of hydrogen-bond donors (Lipinski definition) is 2. The first-order chi connectivity index (χ1) is 15.7. The van der Waals surface area contributed by atoms with Gasteiger partial charge in [-0.25, -0.2) is 4.79 Å². The normalized spacial score (nSPS) is 10.7. The van der Waals surface area contributed by atoms with Crippen molar-refractivity contribution in [3.8, 4) is 22.9 Å². The van der Waals surface area contributed by atoms with Crippen LogP contribution in [0.4, 0.5) is 0 Å². The number of H-pyrrole nitrogens is 1.